The molecular formula is C19H20FN5O2. The number of carbonyl (C=O) groups is 1. The largest absolute Gasteiger partial charge is 0.378 e. The minimum Gasteiger partial charge on any atom is -0.378 e. The summed E-state index contributed by atoms with van der Waals surface area (Å²) >= 11 is 0. The molecule has 1 aromatic heterocycles. The minimum absolute atomic E-state index is 0.134. The molecule has 0 saturated carbocycles. The number of amides is 1. The van der Waals surface area contributed by atoms with Crippen molar-refractivity contribution in [2.45, 2.75) is 0 Å². The van der Waals surface area contributed by atoms with Gasteiger partial charge in [-0.2, -0.15) is 0 Å². The lowest BCUT2D eigenvalue weighted by Crippen LogP contribution is -2.36. The predicted octanol–water partition coefficient (Wildman–Crippen LogP) is 1.90. The van der Waals surface area contributed by atoms with Crippen molar-refractivity contribution < 1.29 is 13.9 Å². The molecule has 1 aliphatic heterocycles. The van der Waals surface area contributed by atoms with Gasteiger partial charge in [-0.1, -0.05) is 6.07 Å². The Morgan fingerprint density at radius 2 is 1.93 bits per heavy atom. The summed E-state index contributed by atoms with van der Waals surface area (Å²) in [5.74, 6) is -0.204. The van der Waals surface area contributed by atoms with Crippen molar-refractivity contribution in [3.63, 3.8) is 0 Å². The molecule has 27 heavy (non-hydrogen) atoms. The third-order valence-corrected chi connectivity index (χ3v) is 4.55. The van der Waals surface area contributed by atoms with Gasteiger partial charge in [0.05, 0.1) is 42.0 Å². The second-order valence-corrected chi connectivity index (χ2v) is 6.26. The van der Waals surface area contributed by atoms with Crippen LogP contribution in [0.15, 0.2) is 42.5 Å². The summed E-state index contributed by atoms with van der Waals surface area (Å²) in [5, 5.41) is 8.19. The lowest BCUT2D eigenvalue weighted by molar-refractivity contribution is -0.114. The Kier molecular flexibility index (Phi) is 4.74. The number of halogens is 1. The molecule has 7 nitrogen and oxygen atoms in total. The van der Waals surface area contributed by atoms with Gasteiger partial charge < -0.3 is 20.7 Å². The van der Waals surface area contributed by atoms with E-state index in [-0.39, 0.29) is 18.3 Å². The van der Waals surface area contributed by atoms with Gasteiger partial charge in [-0.25, -0.2) is 9.07 Å². The molecule has 0 unspecified atom stereocenters. The van der Waals surface area contributed by atoms with E-state index in [0.29, 0.717) is 24.7 Å². The van der Waals surface area contributed by atoms with E-state index in [0.717, 1.165) is 29.7 Å². The van der Waals surface area contributed by atoms with Gasteiger partial charge in [0.1, 0.15) is 5.82 Å². The molecule has 1 aliphatic rings. The summed E-state index contributed by atoms with van der Waals surface area (Å²) in [6, 6.07) is 11.9. The molecule has 4 rings (SSSR count). The van der Waals surface area contributed by atoms with Crippen LogP contribution in [-0.4, -0.2) is 48.5 Å². The van der Waals surface area contributed by atoms with Crippen LogP contribution in [0.3, 0.4) is 0 Å². The number of hydrogen-bond acceptors (Lipinski definition) is 5. The van der Waals surface area contributed by atoms with Crippen LogP contribution >= 0.6 is 0 Å². The quantitative estimate of drug-likeness (QED) is 0.734. The van der Waals surface area contributed by atoms with E-state index in [2.05, 4.69) is 15.3 Å². The molecule has 0 spiro atoms. The van der Waals surface area contributed by atoms with Gasteiger partial charge in [-0.3, -0.25) is 4.79 Å². The number of nitrogens with two attached hydrogens (primary N) is 1. The normalized spacial score (nSPS) is 14.5. The molecule has 0 atom stereocenters. The lowest BCUT2D eigenvalue weighted by atomic mass is 10.1. The van der Waals surface area contributed by atoms with Gasteiger partial charge in [0.2, 0.25) is 5.91 Å². The standard InChI is InChI=1S/C19H20FN5O2/c20-13-4-6-14(7-5-13)25-16-3-1-2-15(24-8-10-27-11-9-24)18(16)19(23-25)22-17(26)12-21/h1-7H,8-12,21H2,(H,22,23,26). The zero-order chi connectivity index (χ0) is 18.8. The maximum atomic E-state index is 13.3. The number of rotatable bonds is 4. The summed E-state index contributed by atoms with van der Waals surface area (Å²) in [5.41, 5.74) is 7.95. The van der Waals surface area contributed by atoms with Crippen LogP contribution in [0.5, 0.6) is 0 Å². The lowest BCUT2D eigenvalue weighted by Gasteiger charge is -2.29. The van der Waals surface area contributed by atoms with Crippen LogP contribution in [0.2, 0.25) is 0 Å². The van der Waals surface area contributed by atoms with E-state index >= 15 is 0 Å². The van der Waals surface area contributed by atoms with Gasteiger partial charge in [-0.15, -0.1) is 5.10 Å². The molecule has 2 heterocycles. The zero-order valence-electron chi connectivity index (χ0n) is 14.7. The van der Waals surface area contributed by atoms with Crippen molar-refractivity contribution in [2.24, 2.45) is 5.73 Å². The van der Waals surface area contributed by atoms with Crippen molar-refractivity contribution in [3.05, 3.63) is 48.3 Å². The number of aromatic nitrogens is 2. The predicted molar refractivity (Wildman–Crippen MR) is 102 cm³/mol. The maximum Gasteiger partial charge on any atom is 0.239 e. The molecular weight excluding hydrogens is 349 g/mol. The van der Waals surface area contributed by atoms with E-state index in [1.54, 1.807) is 16.8 Å². The molecule has 1 saturated heterocycles. The highest BCUT2D eigenvalue weighted by molar-refractivity contribution is 6.06. The van der Waals surface area contributed by atoms with E-state index < -0.39 is 0 Å². The number of nitrogens with one attached hydrogen (secondary N) is 1. The van der Waals surface area contributed by atoms with Crippen LogP contribution in [0.4, 0.5) is 15.9 Å². The Bertz CT molecular complexity index is 964. The monoisotopic (exact) mass is 369 g/mol. The Labute approximate surface area is 155 Å². The Morgan fingerprint density at radius 1 is 1.19 bits per heavy atom. The summed E-state index contributed by atoms with van der Waals surface area (Å²) in [6.45, 7) is 2.67. The van der Waals surface area contributed by atoms with Crippen LogP contribution in [0.25, 0.3) is 16.6 Å². The van der Waals surface area contributed by atoms with Gasteiger partial charge >= 0.3 is 0 Å². The van der Waals surface area contributed by atoms with Crippen molar-refractivity contribution in [1.82, 2.24) is 9.78 Å². The number of hydrogen-bond donors (Lipinski definition) is 2. The number of fused-ring (bicyclic) bond motifs is 1. The number of nitrogens with zero attached hydrogens (tertiary/aromatic N) is 3. The zero-order valence-corrected chi connectivity index (χ0v) is 14.7. The molecule has 1 fully saturated rings. The number of anilines is 2. The summed E-state index contributed by atoms with van der Waals surface area (Å²) < 4.78 is 20.5. The highest BCUT2D eigenvalue weighted by atomic mass is 19.1. The Morgan fingerprint density at radius 3 is 2.63 bits per heavy atom. The average Bonchev–Trinajstić information content (AvgIpc) is 3.07. The first-order chi connectivity index (χ1) is 13.2. The molecule has 2 aromatic carbocycles. The number of carbonyl (C=O) groups excluding carboxylic acids is 1. The third kappa shape index (κ3) is 3.36. The van der Waals surface area contributed by atoms with Crippen LogP contribution in [0.1, 0.15) is 0 Å². The topological polar surface area (TPSA) is 85.4 Å². The van der Waals surface area contributed by atoms with Gasteiger partial charge in [-0.05, 0) is 36.4 Å². The van der Waals surface area contributed by atoms with E-state index in [1.165, 1.54) is 12.1 Å². The second-order valence-electron chi connectivity index (χ2n) is 6.26. The van der Waals surface area contributed by atoms with E-state index in [4.69, 9.17) is 10.5 Å². The first kappa shape index (κ1) is 17.4. The van der Waals surface area contributed by atoms with Crippen LogP contribution < -0.4 is 16.0 Å². The van der Waals surface area contributed by atoms with Gasteiger partial charge in [0, 0.05) is 13.1 Å². The first-order valence-electron chi connectivity index (χ1n) is 8.77. The van der Waals surface area contributed by atoms with Gasteiger partial charge in [0.15, 0.2) is 5.82 Å². The highest BCUT2D eigenvalue weighted by Gasteiger charge is 2.21. The van der Waals surface area contributed by atoms with Crippen molar-refractivity contribution in [1.29, 1.82) is 0 Å². The summed E-state index contributed by atoms with van der Waals surface area (Å²) in [4.78, 5) is 14.1. The molecule has 0 bridgehead atoms. The van der Waals surface area contributed by atoms with Gasteiger partial charge in [0.25, 0.3) is 0 Å². The second kappa shape index (κ2) is 7.34. The maximum absolute atomic E-state index is 13.3. The number of morpholine rings is 1. The molecule has 1 amide bonds. The smallest absolute Gasteiger partial charge is 0.239 e. The molecule has 3 aromatic rings. The van der Waals surface area contributed by atoms with Crippen molar-refractivity contribution >= 4 is 28.3 Å². The molecule has 0 aliphatic carbocycles. The van der Waals surface area contributed by atoms with E-state index in [9.17, 15) is 9.18 Å². The molecule has 0 radical (unpaired) electrons. The highest BCUT2D eigenvalue weighted by Crippen LogP contribution is 2.34. The fraction of sp³-hybridized carbons (Fsp3) is 0.263. The molecule has 3 N–H and O–H groups in total. The fourth-order valence-corrected chi connectivity index (χ4v) is 3.27. The van der Waals surface area contributed by atoms with Crippen LogP contribution in [-0.2, 0) is 9.53 Å². The summed E-state index contributed by atoms with van der Waals surface area (Å²) in [6.07, 6.45) is 0. The first-order valence-corrected chi connectivity index (χ1v) is 8.77. The van der Waals surface area contributed by atoms with Crippen molar-refractivity contribution in [3.8, 4) is 5.69 Å². The van der Waals surface area contributed by atoms with Crippen LogP contribution in [0, 0.1) is 5.82 Å². The third-order valence-electron chi connectivity index (χ3n) is 4.55. The Balaban J connectivity index is 1.89. The molecule has 8 heteroatoms. The van der Waals surface area contributed by atoms with Crippen molar-refractivity contribution in [2.75, 3.05) is 43.1 Å². The number of ether oxygens (including phenoxy) is 1. The Hall–Kier alpha value is -2.97. The summed E-state index contributed by atoms with van der Waals surface area (Å²) in [7, 11) is 0. The number of benzene rings is 2. The fourth-order valence-electron chi connectivity index (χ4n) is 3.27. The SMILES string of the molecule is NCC(=O)Nc1nn(-c2ccc(F)cc2)c2cccc(N3CCOCC3)c12. The van der Waals surface area contributed by atoms with E-state index in [1.807, 2.05) is 18.2 Å². The minimum atomic E-state index is -0.322. The average molecular weight is 369 g/mol. The molecule has 140 valence electrons.